The van der Waals surface area contributed by atoms with E-state index in [1.54, 1.807) is 26.5 Å². The lowest BCUT2D eigenvalue weighted by Gasteiger charge is -2.31. The van der Waals surface area contributed by atoms with Crippen molar-refractivity contribution in [3.63, 3.8) is 0 Å². The third-order valence-corrected chi connectivity index (χ3v) is 3.92. The first-order chi connectivity index (χ1) is 11.3. The quantitative estimate of drug-likeness (QED) is 0.782. The Kier molecular flexibility index (Phi) is 6.09. The Balaban J connectivity index is 2.02. The number of anilines is 1. The van der Waals surface area contributed by atoms with Crippen LogP contribution in [0.4, 0.5) is 5.95 Å². The molecule has 1 aromatic heterocycles. The molecule has 1 aliphatic heterocycles. The van der Waals surface area contributed by atoms with E-state index in [2.05, 4.69) is 14.9 Å². The first-order valence-corrected chi connectivity index (χ1v) is 8.00. The van der Waals surface area contributed by atoms with Gasteiger partial charge in [0.1, 0.15) is 5.60 Å². The van der Waals surface area contributed by atoms with E-state index in [1.807, 2.05) is 19.0 Å². The molecule has 8 heteroatoms. The molecular weight excluding hydrogens is 310 g/mol. The van der Waals surface area contributed by atoms with Gasteiger partial charge in [-0.25, -0.2) is 9.97 Å². The van der Waals surface area contributed by atoms with Crippen LogP contribution < -0.4 is 4.90 Å². The van der Waals surface area contributed by atoms with Crippen LogP contribution >= 0.6 is 0 Å². The van der Waals surface area contributed by atoms with Gasteiger partial charge in [0.15, 0.2) is 0 Å². The van der Waals surface area contributed by atoms with Gasteiger partial charge in [0, 0.05) is 65.8 Å². The van der Waals surface area contributed by atoms with Gasteiger partial charge in [0.2, 0.25) is 11.9 Å². The number of hydrogen-bond donors (Lipinski definition) is 1. The van der Waals surface area contributed by atoms with Crippen LogP contribution in [0.2, 0.25) is 0 Å². The van der Waals surface area contributed by atoms with Gasteiger partial charge in [0.05, 0.1) is 19.6 Å². The highest BCUT2D eigenvalue weighted by Crippen LogP contribution is 2.19. The summed E-state index contributed by atoms with van der Waals surface area (Å²) in [4.78, 5) is 26.0. The molecule has 0 aromatic carbocycles. The first-order valence-electron chi connectivity index (χ1n) is 8.00. The molecule has 1 N–H and O–H groups in total. The molecular formula is C16H27N5O3. The van der Waals surface area contributed by atoms with Crippen molar-refractivity contribution in [2.45, 2.75) is 18.6 Å². The minimum Gasteiger partial charge on any atom is -0.386 e. The first kappa shape index (κ1) is 18.6. The van der Waals surface area contributed by atoms with Gasteiger partial charge in [-0.3, -0.25) is 9.69 Å². The lowest BCUT2D eigenvalue weighted by Crippen LogP contribution is -2.47. The third kappa shape index (κ3) is 5.12. The van der Waals surface area contributed by atoms with E-state index in [-0.39, 0.29) is 18.9 Å². The van der Waals surface area contributed by atoms with E-state index >= 15 is 0 Å². The summed E-state index contributed by atoms with van der Waals surface area (Å²) >= 11 is 0. The maximum absolute atomic E-state index is 12.0. The number of ether oxygens (including phenoxy) is 1. The number of aromatic nitrogens is 2. The number of β-amino-alcohol motifs (C(OH)–C–C–N with tert-alkyl or cyclic N) is 1. The summed E-state index contributed by atoms with van der Waals surface area (Å²) in [6.45, 7) is 2.36. The zero-order valence-corrected chi connectivity index (χ0v) is 14.9. The van der Waals surface area contributed by atoms with Crippen molar-refractivity contribution >= 4 is 11.9 Å². The Labute approximate surface area is 143 Å². The molecule has 0 bridgehead atoms. The maximum Gasteiger partial charge on any atom is 0.225 e. The Morgan fingerprint density at radius 2 is 2.00 bits per heavy atom. The van der Waals surface area contributed by atoms with E-state index in [4.69, 9.17) is 4.74 Å². The van der Waals surface area contributed by atoms with Crippen LogP contribution in [0, 0.1) is 0 Å². The van der Waals surface area contributed by atoms with Gasteiger partial charge in [-0.15, -0.1) is 0 Å². The number of aliphatic hydroxyl groups is 1. The predicted octanol–water partition coefficient (Wildman–Crippen LogP) is -0.416. The third-order valence-electron chi connectivity index (χ3n) is 3.92. The maximum atomic E-state index is 12.0. The second kappa shape index (κ2) is 7.87. The largest absolute Gasteiger partial charge is 0.386 e. The van der Waals surface area contributed by atoms with Gasteiger partial charge in [-0.05, 0) is 0 Å². The molecule has 0 aliphatic carbocycles. The second-order valence-corrected chi connectivity index (χ2v) is 6.74. The van der Waals surface area contributed by atoms with Gasteiger partial charge < -0.3 is 19.6 Å². The summed E-state index contributed by atoms with van der Waals surface area (Å²) in [5.41, 5.74) is -0.216. The zero-order valence-electron chi connectivity index (χ0n) is 14.9. The fourth-order valence-corrected chi connectivity index (χ4v) is 2.60. The molecule has 134 valence electrons. The molecule has 1 amide bonds. The fraction of sp³-hybridized carbons (Fsp3) is 0.688. The molecule has 1 saturated heterocycles. The van der Waals surface area contributed by atoms with E-state index in [9.17, 15) is 9.90 Å². The molecule has 1 atom stereocenters. The molecule has 0 unspecified atom stereocenters. The van der Waals surface area contributed by atoms with Crippen molar-refractivity contribution in [2.75, 3.05) is 59.4 Å². The number of rotatable bonds is 5. The van der Waals surface area contributed by atoms with Crippen molar-refractivity contribution in [3.05, 3.63) is 18.0 Å². The SMILES string of the molecule is CN(C)C(=O)C[C@]1(O)COCCN(Cc2cnc(N(C)C)nc2)C1. The highest BCUT2D eigenvalue weighted by Gasteiger charge is 2.35. The monoisotopic (exact) mass is 337 g/mol. The van der Waals surface area contributed by atoms with E-state index in [1.165, 1.54) is 4.90 Å². The summed E-state index contributed by atoms with van der Waals surface area (Å²) in [6.07, 6.45) is 3.63. The van der Waals surface area contributed by atoms with Crippen molar-refractivity contribution < 1.29 is 14.6 Å². The topological polar surface area (TPSA) is 82.0 Å². The number of amides is 1. The fourth-order valence-electron chi connectivity index (χ4n) is 2.60. The zero-order chi connectivity index (χ0) is 17.7. The molecule has 8 nitrogen and oxygen atoms in total. The van der Waals surface area contributed by atoms with Crippen molar-refractivity contribution in [1.82, 2.24) is 19.8 Å². The molecule has 24 heavy (non-hydrogen) atoms. The number of carbonyl (C=O) groups excluding carboxylic acids is 1. The predicted molar refractivity (Wildman–Crippen MR) is 90.7 cm³/mol. The van der Waals surface area contributed by atoms with E-state index < -0.39 is 5.60 Å². The van der Waals surface area contributed by atoms with Crippen LogP contribution in [-0.4, -0.2) is 90.9 Å². The molecule has 2 rings (SSSR count). The Hall–Kier alpha value is -1.77. The number of hydrogen-bond acceptors (Lipinski definition) is 7. The molecule has 1 fully saturated rings. The smallest absolute Gasteiger partial charge is 0.225 e. The summed E-state index contributed by atoms with van der Waals surface area (Å²) in [7, 11) is 7.15. The molecule has 0 saturated carbocycles. The van der Waals surface area contributed by atoms with Crippen LogP contribution in [0.25, 0.3) is 0 Å². The number of nitrogens with zero attached hydrogens (tertiary/aromatic N) is 5. The van der Waals surface area contributed by atoms with E-state index in [0.717, 1.165) is 5.56 Å². The van der Waals surface area contributed by atoms with Crippen LogP contribution in [0.15, 0.2) is 12.4 Å². The summed E-state index contributed by atoms with van der Waals surface area (Å²) in [5.74, 6) is 0.549. The van der Waals surface area contributed by atoms with Gasteiger partial charge in [-0.2, -0.15) is 0 Å². The molecule has 1 aliphatic rings. The van der Waals surface area contributed by atoms with Crippen LogP contribution in [0.5, 0.6) is 0 Å². The van der Waals surface area contributed by atoms with Gasteiger partial charge in [-0.1, -0.05) is 0 Å². The molecule has 0 spiro atoms. The lowest BCUT2D eigenvalue weighted by molar-refractivity contribution is -0.136. The van der Waals surface area contributed by atoms with E-state index in [0.29, 0.717) is 32.2 Å². The molecule has 1 aromatic rings. The Morgan fingerprint density at radius 3 is 2.58 bits per heavy atom. The van der Waals surface area contributed by atoms with Crippen LogP contribution in [0.1, 0.15) is 12.0 Å². The minimum atomic E-state index is -1.18. The molecule has 0 radical (unpaired) electrons. The minimum absolute atomic E-state index is 0.0482. The highest BCUT2D eigenvalue weighted by molar-refractivity contribution is 5.76. The second-order valence-electron chi connectivity index (χ2n) is 6.74. The average Bonchev–Trinajstić information content (AvgIpc) is 2.69. The van der Waals surface area contributed by atoms with Crippen LogP contribution in [-0.2, 0) is 16.1 Å². The van der Waals surface area contributed by atoms with Gasteiger partial charge in [0.25, 0.3) is 0 Å². The number of carbonyl (C=O) groups is 1. The normalized spacial score (nSPS) is 22.0. The summed E-state index contributed by atoms with van der Waals surface area (Å²) < 4.78 is 5.51. The molecule has 2 heterocycles. The van der Waals surface area contributed by atoms with Crippen molar-refractivity contribution in [3.8, 4) is 0 Å². The van der Waals surface area contributed by atoms with Gasteiger partial charge >= 0.3 is 0 Å². The summed E-state index contributed by atoms with van der Waals surface area (Å²) in [5, 5.41) is 10.8. The Morgan fingerprint density at radius 1 is 1.33 bits per heavy atom. The highest BCUT2D eigenvalue weighted by atomic mass is 16.5. The van der Waals surface area contributed by atoms with Crippen molar-refractivity contribution in [1.29, 1.82) is 0 Å². The standard InChI is InChI=1S/C16H27N5O3/c1-19(2)14(22)7-16(23)11-21(5-6-24-12-16)10-13-8-17-15(18-9-13)20(3)4/h8-9,23H,5-7,10-12H2,1-4H3/t16-/m1/s1. The van der Waals surface area contributed by atoms with Crippen LogP contribution in [0.3, 0.4) is 0 Å². The summed E-state index contributed by atoms with van der Waals surface area (Å²) in [6, 6.07) is 0. The average molecular weight is 337 g/mol. The lowest BCUT2D eigenvalue weighted by atomic mass is 9.99. The Bertz CT molecular complexity index is 549. The van der Waals surface area contributed by atoms with Crippen molar-refractivity contribution in [2.24, 2.45) is 0 Å².